The monoisotopic (exact) mass is 731 g/mol. The molecule has 0 aliphatic carbocycles. The number of fused-ring (bicyclic) bond motifs is 6. The molecule has 0 aromatic heterocycles. The number of benzene rings is 3. The lowest BCUT2D eigenvalue weighted by atomic mass is 9.80. The van der Waals surface area contributed by atoms with E-state index >= 15 is 0 Å². The van der Waals surface area contributed by atoms with Crippen LogP contribution in [0, 0.1) is 5.92 Å². The highest BCUT2D eigenvalue weighted by Crippen LogP contribution is 2.68. The van der Waals surface area contributed by atoms with E-state index in [1.165, 1.54) is 0 Å². The summed E-state index contributed by atoms with van der Waals surface area (Å²) in [7, 11) is 0. The van der Waals surface area contributed by atoms with E-state index in [9.17, 15) is 9.59 Å². The van der Waals surface area contributed by atoms with E-state index in [4.69, 9.17) is 56.8 Å². The number of carbonyl (C=O) groups is 2. The lowest BCUT2D eigenvalue weighted by Gasteiger charge is -2.27. The van der Waals surface area contributed by atoms with Crippen LogP contribution in [0.15, 0.2) is 6.07 Å². The van der Waals surface area contributed by atoms with E-state index in [2.05, 4.69) is 0 Å². The highest BCUT2D eigenvalue weighted by Gasteiger charge is 2.55. The molecular weight excluding hydrogens is 692 g/mol. The van der Waals surface area contributed by atoms with Gasteiger partial charge in [-0.1, -0.05) is 0 Å². The molecule has 53 heavy (non-hydrogen) atoms. The first-order chi connectivity index (χ1) is 24.5. The second-order valence-corrected chi connectivity index (χ2v) is 16.4. The van der Waals surface area contributed by atoms with Crippen molar-refractivity contribution in [2.24, 2.45) is 0 Å². The van der Waals surface area contributed by atoms with Crippen LogP contribution in [-0.2, 0) is 0 Å². The largest absolute Gasteiger partial charge is 0.449 e. The van der Waals surface area contributed by atoms with E-state index in [1.54, 1.807) is 89.2 Å². The van der Waals surface area contributed by atoms with Crippen LogP contribution in [0.1, 0.15) is 120 Å². The molecule has 1 radical (unpaired) electrons. The lowest BCUT2D eigenvalue weighted by Crippen LogP contribution is -2.32. The molecule has 6 aliphatic heterocycles. The summed E-state index contributed by atoms with van der Waals surface area (Å²) >= 11 is 0. The molecule has 14 heteroatoms. The third-order valence-electron chi connectivity index (χ3n) is 9.05. The number of aldehydes is 2. The van der Waals surface area contributed by atoms with Gasteiger partial charge in [-0.25, -0.2) is 0 Å². The molecule has 3 aromatic rings. The Balaban J connectivity index is 1.49. The molecular formula is C39H39O14. The molecule has 0 saturated carbocycles. The van der Waals surface area contributed by atoms with Gasteiger partial charge < -0.3 is 56.8 Å². The summed E-state index contributed by atoms with van der Waals surface area (Å²) in [4.78, 5) is 25.8. The Kier molecular flexibility index (Phi) is 6.16. The number of rotatable bonds is 5. The van der Waals surface area contributed by atoms with Crippen LogP contribution < -0.4 is 56.8 Å². The first kappa shape index (κ1) is 33.4. The number of hydrogen-bond acceptors (Lipinski definition) is 14. The van der Waals surface area contributed by atoms with Gasteiger partial charge in [-0.05, 0) is 0 Å². The minimum atomic E-state index is -1.25. The van der Waals surface area contributed by atoms with Crippen LogP contribution in [0.2, 0.25) is 0 Å². The predicted octanol–water partition coefficient (Wildman–Crippen LogP) is 7.37. The van der Waals surface area contributed by atoms with Crippen LogP contribution in [-0.4, -0.2) is 47.3 Å². The second-order valence-electron chi connectivity index (χ2n) is 16.4. The zero-order valence-electron chi connectivity index (χ0n) is 31.4. The fourth-order valence-electron chi connectivity index (χ4n) is 7.49. The molecule has 0 N–H and O–H groups in total. The van der Waals surface area contributed by atoms with Crippen molar-refractivity contribution in [3.63, 3.8) is 0 Å². The summed E-state index contributed by atoms with van der Waals surface area (Å²) in [5.74, 6) is -4.66. The molecule has 0 saturated heterocycles. The van der Waals surface area contributed by atoms with Crippen LogP contribution in [0.4, 0.5) is 0 Å². The van der Waals surface area contributed by atoms with Crippen molar-refractivity contribution in [3.05, 3.63) is 39.8 Å². The summed E-state index contributed by atoms with van der Waals surface area (Å²) in [5, 5.41) is 0. The fraction of sp³-hybridized carbons (Fsp3) is 0.462. The Morgan fingerprint density at radius 2 is 0.585 bits per heavy atom. The molecule has 0 unspecified atom stereocenters. The van der Waals surface area contributed by atoms with Gasteiger partial charge in [-0.3, -0.25) is 9.59 Å². The lowest BCUT2D eigenvalue weighted by molar-refractivity contribution is -0.0493. The van der Waals surface area contributed by atoms with Crippen LogP contribution in [0.25, 0.3) is 0 Å². The molecule has 279 valence electrons. The fourth-order valence-corrected chi connectivity index (χ4v) is 7.49. The van der Waals surface area contributed by atoms with Crippen molar-refractivity contribution in [1.82, 2.24) is 0 Å². The Morgan fingerprint density at radius 1 is 0.358 bits per heavy atom. The molecule has 0 bridgehead atoms. The molecule has 14 nitrogen and oxygen atoms in total. The molecule has 3 aromatic carbocycles. The first-order valence-corrected chi connectivity index (χ1v) is 17.3. The van der Waals surface area contributed by atoms with Gasteiger partial charge in [0, 0.05) is 89.2 Å². The maximum Gasteiger partial charge on any atom is 0.246 e. The summed E-state index contributed by atoms with van der Waals surface area (Å²) in [6.07, 6.45) is 1.28. The van der Waals surface area contributed by atoms with E-state index in [1.807, 2.05) is 0 Å². The summed E-state index contributed by atoms with van der Waals surface area (Å²) < 4.78 is 77.6. The quantitative estimate of drug-likeness (QED) is 0.190. The van der Waals surface area contributed by atoms with Crippen LogP contribution >= 0.6 is 0 Å². The third kappa shape index (κ3) is 4.83. The summed E-state index contributed by atoms with van der Waals surface area (Å²) in [5.41, 5.74) is 1.03. The van der Waals surface area contributed by atoms with Crippen LogP contribution in [0.3, 0.4) is 0 Å². The molecule has 0 fully saturated rings. The Labute approximate surface area is 305 Å². The smallest absolute Gasteiger partial charge is 0.246 e. The maximum atomic E-state index is 12.9. The van der Waals surface area contributed by atoms with E-state index in [-0.39, 0.29) is 85.7 Å². The second kappa shape index (κ2) is 9.77. The van der Waals surface area contributed by atoms with Crippen molar-refractivity contribution in [2.45, 2.75) is 118 Å². The van der Waals surface area contributed by atoms with Gasteiger partial charge in [0.15, 0.2) is 81.6 Å². The van der Waals surface area contributed by atoms with Gasteiger partial charge in [0.2, 0.25) is 34.7 Å². The molecule has 0 spiro atoms. The Morgan fingerprint density at radius 3 is 0.868 bits per heavy atom. The maximum absolute atomic E-state index is 12.9. The van der Waals surface area contributed by atoms with Crippen molar-refractivity contribution in [1.29, 1.82) is 0 Å². The average molecular weight is 732 g/mol. The number of carbonyl (C=O) groups excluding carboxylic acids is 2. The van der Waals surface area contributed by atoms with Gasteiger partial charge in [-0.2, -0.15) is 0 Å². The van der Waals surface area contributed by atoms with Gasteiger partial charge in [0.25, 0.3) is 0 Å². The first-order valence-electron chi connectivity index (χ1n) is 17.3. The van der Waals surface area contributed by atoms with Gasteiger partial charge in [-0.15, -0.1) is 0 Å². The normalized spacial score (nSPS) is 22.0. The van der Waals surface area contributed by atoms with Crippen LogP contribution in [0.5, 0.6) is 69.0 Å². The number of ether oxygens (including phenoxy) is 12. The molecule has 6 heterocycles. The zero-order valence-corrected chi connectivity index (χ0v) is 31.4. The highest BCUT2D eigenvalue weighted by molar-refractivity contribution is 5.96. The average Bonchev–Trinajstić information content (AvgIpc) is 3.81. The Bertz CT molecular complexity index is 1970. The van der Waals surface area contributed by atoms with Crippen molar-refractivity contribution in [3.8, 4) is 69.0 Å². The van der Waals surface area contributed by atoms with Gasteiger partial charge in [0.05, 0.1) is 22.6 Å². The van der Waals surface area contributed by atoms with Crippen molar-refractivity contribution in [2.75, 3.05) is 0 Å². The molecule has 9 rings (SSSR count). The van der Waals surface area contributed by atoms with Crippen molar-refractivity contribution >= 4 is 12.6 Å². The summed E-state index contributed by atoms with van der Waals surface area (Å²) in [6, 6.07) is 1.71. The Hall–Kier alpha value is -5.40. The minimum Gasteiger partial charge on any atom is -0.449 e. The van der Waals surface area contributed by atoms with E-state index in [0.29, 0.717) is 29.6 Å². The third-order valence-corrected chi connectivity index (χ3v) is 9.05. The van der Waals surface area contributed by atoms with E-state index < -0.39 is 34.7 Å². The molecule has 0 amide bonds. The predicted molar refractivity (Wildman–Crippen MR) is 183 cm³/mol. The van der Waals surface area contributed by atoms with Gasteiger partial charge in [0.1, 0.15) is 11.1 Å². The van der Waals surface area contributed by atoms with Crippen molar-refractivity contribution < 1.29 is 66.4 Å². The minimum absolute atomic E-state index is 0.0902. The zero-order chi connectivity index (χ0) is 38.0. The molecule has 0 atom stereocenters. The van der Waals surface area contributed by atoms with E-state index in [0.717, 1.165) is 0 Å². The topological polar surface area (TPSA) is 145 Å². The SMILES string of the molecule is CC1(C)Oc2cc3c(c([C](c4c5c(c(C=O)c6c4OC(C)(C)O6)OC(C)(C)O5)c4c5c(c(C=O)c6c4OC(C)(C)O6)OC(C)(C)O5)c2O1)OC(C)(C)O3. The highest BCUT2D eigenvalue weighted by atomic mass is 16.8. The van der Waals surface area contributed by atoms with Gasteiger partial charge >= 0.3 is 0 Å². The molecule has 6 aliphatic rings. The number of hydrogen-bond donors (Lipinski definition) is 0. The summed E-state index contributed by atoms with van der Waals surface area (Å²) in [6.45, 7) is 20.8. The standard InChI is InChI=1S/C39H39O14/c1-34(2)42-18-13-19-29(49-35(3,4)43-19)21(28(18)48-34)20(22-30-24(44-36(5,6)50-30)16(14-40)25-31(22)51-37(7,8)45-25)23-32-26(46-38(9,10)52-32)17(15-41)27-33(23)53-39(11,12)47-27/h13-15H,1-12H3.